The lowest BCUT2D eigenvalue weighted by atomic mass is 10.3. The van der Waals surface area contributed by atoms with Crippen molar-refractivity contribution in [3.63, 3.8) is 0 Å². The molecule has 0 unspecified atom stereocenters. The lowest BCUT2D eigenvalue weighted by Gasteiger charge is -2.16. The van der Waals surface area contributed by atoms with Crippen molar-refractivity contribution < 1.29 is 14.8 Å². The van der Waals surface area contributed by atoms with E-state index in [2.05, 4.69) is 4.98 Å². The van der Waals surface area contributed by atoms with Gasteiger partial charge < -0.3 is 10.0 Å². The Kier molecular flexibility index (Phi) is 3.97. The number of aromatic carboxylic acids is 1. The molecule has 0 spiro atoms. The third kappa shape index (κ3) is 2.90. The average Bonchev–Trinajstić information content (AvgIpc) is 2.28. The molecule has 17 heavy (non-hydrogen) atoms. The van der Waals surface area contributed by atoms with E-state index >= 15 is 0 Å². The summed E-state index contributed by atoms with van der Waals surface area (Å²) >= 11 is 0. The molecule has 0 fully saturated rings. The summed E-state index contributed by atoms with van der Waals surface area (Å²) in [5, 5.41) is 19.6. The van der Waals surface area contributed by atoms with Crippen LogP contribution in [0, 0.1) is 10.1 Å². The van der Waals surface area contributed by atoms with Gasteiger partial charge in [0.25, 0.3) is 0 Å². The van der Waals surface area contributed by atoms with Crippen LogP contribution in [0.1, 0.15) is 23.8 Å². The lowest BCUT2D eigenvalue weighted by molar-refractivity contribution is -0.384. The topological polar surface area (TPSA) is 96.6 Å². The monoisotopic (exact) mass is 239 g/mol. The minimum absolute atomic E-state index is 0.0803. The summed E-state index contributed by atoms with van der Waals surface area (Å²) in [6.07, 6.45) is 0.784. The third-order valence-electron chi connectivity index (χ3n) is 2.19. The second kappa shape index (κ2) is 5.24. The maximum Gasteiger partial charge on any atom is 0.354 e. The van der Waals surface area contributed by atoms with E-state index in [1.165, 1.54) is 0 Å². The van der Waals surface area contributed by atoms with Gasteiger partial charge in [-0.25, -0.2) is 9.78 Å². The fourth-order valence-corrected chi connectivity index (χ4v) is 1.42. The van der Waals surface area contributed by atoms with E-state index in [4.69, 9.17) is 5.11 Å². The number of hydrogen-bond donors (Lipinski definition) is 1. The molecule has 0 aromatic carbocycles. The van der Waals surface area contributed by atoms with Crippen LogP contribution in [0.25, 0.3) is 0 Å². The smallest absolute Gasteiger partial charge is 0.354 e. The van der Waals surface area contributed by atoms with Crippen LogP contribution in [-0.4, -0.2) is 34.6 Å². The molecule has 7 nitrogen and oxygen atoms in total. The van der Waals surface area contributed by atoms with Gasteiger partial charge in [0.15, 0.2) is 5.69 Å². The first-order valence-corrected chi connectivity index (χ1v) is 5.07. The maximum absolute atomic E-state index is 10.8. The van der Waals surface area contributed by atoms with Crippen LogP contribution in [0.3, 0.4) is 0 Å². The Balaban J connectivity index is 3.24. The fraction of sp³-hybridized carbons (Fsp3) is 0.400. The summed E-state index contributed by atoms with van der Waals surface area (Å²) in [7, 11) is 1.64. The molecule has 1 rings (SSSR count). The van der Waals surface area contributed by atoms with Gasteiger partial charge in [0.2, 0.25) is 5.82 Å². The zero-order chi connectivity index (χ0) is 13.0. The molecule has 1 aromatic heterocycles. The highest BCUT2D eigenvalue weighted by molar-refractivity contribution is 5.86. The standard InChI is InChI=1S/C10H13N3O4/c1-3-6-12(2)9-8(13(16)17)5-4-7(11-9)10(14)15/h4-5H,3,6H2,1-2H3,(H,14,15). The first kappa shape index (κ1) is 12.9. The van der Waals surface area contributed by atoms with E-state index in [1.54, 1.807) is 11.9 Å². The Labute approximate surface area is 97.8 Å². The molecule has 0 aliphatic carbocycles. The van der Waals surface area contributed by atoms with Crippen LogP contribution in [-0.2, 0) is 0 Å². The first-order chi connectivity index (χ1) is 7.97. The van der Waals surface area contributed by atoms with E-state index in [0.29, 0.717) is 6.54 Å². The summed E-state index contributed by atoms with van der Waals surface area (Å²) in [5.74, 6) is -1.12. The molecule has 1 N–H and O–H groups in total. The molecule has 0 bridgehead atoms. The second-order valence-corrected chi connectivity index (χ2v) is 3.52. The highest BCUT2D eigenvalue weighted by Crippen LogP contribution is 2.25. The van der Waals surface area contributed by atoms with Crippen molar-refractivity contribution in [2.75, 3.05) is 18.5 Å². The highest BCUT2D eigenvalue weighted by atomic mass is 16.6. The molecule has 92 valence electrons. The van der Waals surface area contributed by atoms with Crippen molar-refractivity contribution in [3.05, 3.63) is 27.9 Å². The van der Waals surface area contributed by atoms with Crippen molar-refractivity contribution in [3.8, 4) is 0 Å². The highest BCUT2D eigenvalue weighted by Gasteiger charge is 2.20. The van der Waals surface area contributed by atoms with Crippen LogP contribution < -0.4 is 4.90 Å². The second-order valence-electron chi connectivity index (χ2n) is 3.52. The zero-order valence-electron chi connectivity index (χ0n) is 9.58. The predicted octanol–water partition coefficient (Wildman–Crippen LogP) is 1.53. The van der Waals surface area contributed by atoms with E-state index in [-0.39, 0.29) is 17.2 Å². The van der Waals surface area contributed by atoms with Crippen LogP contribution in [0.4, 0.5) is 11.5 Å². The number of hydrogen-bond acceptors (Lipinski definition) is 5. The first-order valence-electron chi connectivity index (χ1n) is 5.07. The summed E-state index contributed by atoms with van der Waals surface area (Å²) in [6, 6.07) is 2.29. The lowest BCUT2D eigenvalue weighted by Crippen LogP contribution is -2.21. The largest absolute Gasteiger partial charge is 0.477 e. The third-order valence-corrected chi connectivity index (χ3v) is 2.19. The van der Waals surface area contributed by atoms with Crippen LogP contribution in [0.5, 0.6) is 0 Å². The van der Waals surface area contributed by atoms with Gasteiger partial charge >= 0.3 is 11.7 Å². The molecule has 7 heteroatoms. The number of anilines is 1. The minimum atomic E-state index is -1.20. The van der Waals surface area contributed by atoms with Crippen LogP contribution in [0.2, 0.25) is 0 Å². The number of aromatic nitrogens is 1. The molecular formula is C10H13N3O4. The van der Waals surface area contributed by atoms with Gasteiger partial charge in [0.1, 0.15) is 0 Å². The minimum Gasteiger partial charge on any atom is -0.477 e. The van der Waals surface area contributed by atoms with Crippen molar-refractivity contribution in [2.45, 2.75) is 13.3 Å². The number of nitro groups is 1. The van der Waals surface area contributed by atoms with E-state index in [0.717, 1.165) is 18.6 Å². The number of nitrogens with zero attached hydrogens (tertiary/aromatic N) is 3. The van der Waals surface area contributed by atoms with Gasteiger partial charge in [-0.3, -0.25) is 10.1 Å². The summed E-state index contributed by atoms with van der Waals surface area (Å²) in [5.41, 5.74) is -0.389. The fourth-order valence-electron chi connectivity index (χ4n) is 1.42. The number of carbonyl (C=O) groups is 1. The van der Waals surface area contributed by atoms with Gasteiger partial charge in [0.05, 0.1) is 4.92 Å². The van der Waals surface area contributed by atoms with Crippen molar-refractivity contribution in [2.24, 2.45) is 0 Å². The van der Waals surface area contributed by atoms with E-state index < -0.39 is 10.9 Å². The number of pyridine rings is 1. The summed E-state index contributed by atoms with van der Waals surface area (Å²) in [6.45, 7) is 2.49. The van der Waals surface area contributed by atoms with Gasteiger partial charge in [0, 0.05) is 19.7 Å². The number of carboxylic acids is 1. The molecule has 1 heterocycles. The predicted molar refractivity (Wildman–Crippen MR) is 61.4 cm³/mol. The molecule has 1 aromatic rings. The molecule has 0 atom stereocenters. The zero-order valence-corrected chi connectivity index (χ0v) is 9.58. The maximum atomic E-state index is 10.8. The van der Waals surface area contributed by atoms with Gasteiger partial charge in [-0.1, -0.05) is 6.92 Å². The molecule has 0 aliphatic heterocycles. The molecule has 0 saturated heterocycles. The Morgan fingerprint density at radius 2 is 2.24 bits per heavy atom. The van der Waals surface area contributed by atoms with Gasteiger partial charge in [-0.05, 0) is 12.5 Å². The Hall–Kier alpha value is -2.18. The van der Waals surface area contributed by atoms with Crippen molar-refractivity contribution in [1.82, 2.24) is 4.98 Å². The Morgan fingerprint density at radius 3 is 2.71 bits per heavy atom. The van der Waals surface area contributed by atoms with Crippen LogP contribution in [0.15, 0.2) is 12.1 Å². The summed E-state index contributed by atoms with van der Waals surface area (Å²) in [4.78, 5) is 26.4. The Bertz CT molecular complexity index is 447. The molecule has 0 saturated carbocycles. The van der Waals surface area contributed by atoms with Crippen molar-refractivity contribution in [1.29, 1.82) is 0 Å². The number of rotatable bonds is 5. The normalized spacial score (nSPS) is 10.0. The molecule has 0 radical (unpaired) electrons. The molecular weight excluding hydrogens is 226 g/mol. The van der Waals surface area contributed by atoms with E-state index in [9.17, 15) is 14.9 Å². The average molecular weight is 239 g/mol. The van der Waals surface area contributed by atoms with Crippen molar-refractivity contribution >= 4 is 17.5 Å². The van der Waals surface area contributed by atoms with Gasteiger partial charge in [-0.2, -0.15) is 0 Å². The van der Waals surface area contributed by atoms with E-state index in [1.807, 2.05) is 6.92 Å². The summed E-state index contributed by atoms with van der Waals surface area (Å²) < 4.78 is 0. The number of carboxylic acid groups (broad SMARTS) is 1. The Morgan fingerprint density at radius 1 is 1.59 bits per heavy atom. The van der Waals surface area contributed by atoms with Crippen LogP contribution >= 0.6 is 0 Å². The quantitative estimate of drug-likeness (QED) is 0.618. The molecule has 0 amide bonds. The SMILES string of the molecule is CCCN(C)c1nc(C(=O)O)ccc1[N+](=O)[O-]. The molecule has 0 aliphatic rings. The van der Waals surface area contributed by atoms with Gasteiger partial charge in [-0.15, -0.1) is 0 Å².